The predicted octanol–water partition coefficient (Wildman–Crippen LogP) is 2.84. The second kappa shape index (κ2) is 6.80. The van der Waals surface area contributed by atoms with Gasteiger partial charge in [0.25, 0.3) is 0 Å². The molecule has 2 aliphatic heterocycles. The molecule has 3 unspecified atom stereocenters. The highest BCUT2D eigenvalue weighted by Crippen LogP contribution is 2.29. The summed E-state index contributed by atoms with van der Waals surface area (Å²) in [5.41, 5.74) is 1.37. The van der Waals surface area contributed by atoms with Gasteiger partial charge in [-0.2, -0.15) is 0 Å². The zero-order valence-corrected chi connectivity index (χ0v) is 13.3. The number of hydrogen-bond donors (Lipinski definition) is 1. The van der Waals surface area contributed by atoms with Gasteiger partial charge in [-0.1, -0.05) is 25.1 Å². The molecule has 0 amide bonds. The Morgan fingerprint density at radius 1 is 1.33 bits per heavy atom. The molecule has 0 aromatic heterocycles. The molecule has 116 valence electrons. The number of nitrogens with zero attached hydrogens (tertiary/aromatic N) is 1. The van der Waals surface area contributed by atoms with Crippen LogP contribution in [0.3, 0.4) is 0 Å². The molecule has 2 aliphatic rings. The molecule has 21 heavy (non-hydrogen) atoms. The van der Waals surface area contributed by atoms with Crippen LogP contribution in [0.2, 0.25) is 0 Å². The number of benzene rings is 1. The van der Waals surface area contributed by atoms with E-state index in [1.807, 2.05) is 0 Å². The van der Waals surface area contributed by atoms with E-state index in [2.05, 4.69) is 48.3 Å². The Labute approximate surface area is 128 Å². The van der Waals surface area contributed by atoms with E-state index in [-0.39, 0.29) is 0 Å². The molecule has 3 rings (SSSR count). The Morgan fingerprint density at radius 2 is 2.19 bits per heavy atom. The fraction of sp³-hybridized carbons (Fsp3) is 0.667. The van der Waals surface area contributed by atoms with Crippen molar-refractivity contribution in [2.45, 2.75) is 57.7 Å². The Balaban J connectivity index is 1.49. The zero-order chi connectivity index (χ0) is 14.7. The second-order valence-electron chi connectivity index (χ2n) is 6.57. The summed E-state index contributed by atoms with van der Waals surface area (Å²) in [6.07, 6.45) is 5.16. The summed E-state index contributed by atoms with van der Waals surface area (Å²) in [7, 11) is 0. The van der Waals surface area contributed by atoms with Gasteiger partial charge < -0.3 is 10.1 Å². The summed E-state index contributed by atoms with van der Waals surface area (Å²) in [5.74, 6) is 1.09. The molecule has 0 bridgehead atoms. The van der Waals surface area contributed by atoms with E-state index in [1.165, 1.54) is 31.4 Å². The smallest absolute Gasteiger partial charge is 0.123 e. The Kier molecular flexibility index (Phi) is 4.81. The average molecular weight is 288 g/mol. The van der Waals surface area contributed by atoms with Crippen LogP contribution < -0.4 is 10.1 Å². The van der Waals surface area contributed by atoms with Gasteiger partial charge in [-0.3, -0.25) is 4.90 Å². The molecule has 0 aliphatic carbocycles. The van der Waals surface area contributed by atoms with Gasteiger partial charge in [0.2, 0.25) is 0 Å². The van der Waals surface area contributed by atoms with Crippen molar-refractivity contribution in [3.8, 4) is 5.75 Å². The summed E-state index contributed by atoms with van der Waals surface area (Å²) in [4.78, 5) is 2.61. The number of nitrogens with one attached hydrogen (secondary N) is 1. The molecule has 0 spiro atoms. The van der Waals surface area contributed by atoms with Crippen LogP contribution in [0.1, 0.15) is 38.7 Å². The molecule has 1 aromatic rings. The maximum atomic E-state index is 6.09. The molecular weight excluding hydrogens is 260 g/mol. The van der Waals surface area contributed by atoms with Crippen molar-refractivity contribution in [2.24, 2.45) is 0 Å². The molecule has 1 N–H and O–H groups in total. The highest BCUT2D eigenvalue weighted by atomic mass is 16.5. The van der Waals surface area contributed by atoms with Gasteiger partial charge >= 0.3 is 0 Å². The maximum Gasteiger partial charge on any atom is 0.123 e. The van der Waals surface area contributed by atoms with Gasteiger partial charge in [0, 0.05) is 31.6 Å². The standard InChI is InChI=1S/C18H28N2O/c1-3-9-19-16-8-10-20(14(2)11-16)13-17-12-15-6-4-5-7-18(15)21-17/h4-7,14,16-17,19H,3,8-13H2,1-2H3. The topological polar surface area (TPSA) is 24.5 Å². The van der Waals surface area contributed by atoms with E-state index < -0.39 is 0 Å². The first-order valence-electron chi connectivity index (χ1n) is 8.48. The molecule has 0 radical (unpaired) electrons. The first-order chi connectivity index (χ1) is 10.3. The van der Waals surface area contributed by atoms with E-state index in [4.69, 9.17) is 4.74 Å². The zero-order valence-electron chi connectivity index (χ0n) is 13.3. The van der Waals surface area contributed by atoms with E-state index in [9.17, 15) is 0 Å². The van der Waals surface area contributed by atoms with Crippen molar-refractivity contribution in [1.29, 1.82) is 0 Å². The van der Waals surface area contributed by atoms with Gasteiger partial charge in [-0.25, -0.2) is 0 Å². The Morgan fingerprint density at radius 3 is 2.95 bits per heavy atom. The van der Waals surface area contributed by atoms with Crippen molar-refractivity contribution in [3.05, 3.63) is 29.8 Å². The molecule has 3 heteroatoms. The molecule has 1 aromatic carbocycles. The third-order valence-electron chi connectivity index (χ3n) is 4.85. The molecular formula is C18H28N2O. The van der Waals surface area contributed by atoms with Gasteiger partial charge in [0.1, 0.15) is 11.9 Å². The van der Waals surface area contributed by atoms with E-state index in [1.54, 1.807) is 0 Å². The summed E-state index contributed by atoms with van der Waals surface area (Å²) in [6.45, 7) is 8.01. The van der Waals surface area contributed by atoms with E-state index in [0.717, 1.165) is 25.3 Å². The molecule has 1 fully saturated rings. The number of piperidine rings is 1. The van der Waals surface area contributed by atoms with Crippen molar-refractivity contribution in [2.75, 3.05) is 19.6 Å². The highest BCUT2D eigenvalue weighted by Gasteiger charge is 2.30. The van der Waals surface area contributed by atoms with Crippen LogP contribution >= 0.6 is 0 Å². The van der Waals surface area contributed by atoms with Crippen molar-refractivity contribution in [3.63, 3.8) is 0 Å². The molecule has 2 heterocycles. The van der Waals surface area contributed by atoms with Crippen LogP contribution in [0, 0.1) is 0 Å². The van der Waals surface area contributed by atoms with E-state index >= 15 is 0 Å². The number of fused-ring (bicyclic) bond motifs is 1. The lowest BCUT2D eigenvalue weighted by Crippen LogP contribution is -2.50. The minimum Gasteiger partial charge on any atom is -0.488 e. The summed E-state index contributed by atoms with van der Waals surface area (Å²) in [6, 6.07) is 9.82. The van der Waals surface area contributed by atoms with Crippen LogP contribution in [0.25, 0.3) is 0 Å². The molecule has 0 saturated carbocycles. The monoisotopic (exact) mass is 288 g/mol. The third-order valence-corrected chi connectivity index (χ3v) is 4.85. The van der Waals surface area contributed by atoms with Gasteiger partial charge in [-0.15, -0.1) is 0 Å². The van der Waals surface area contributed by atoms with Gasteiger partial charge in [0.05, 0.1) is 0 Å². The van der Waals surface area contributed by atoms with Crippen LogP contribution in [-0.4, -0.2) is 42.7 Å². The van der Waals surface area contributed by atoms with Crippen LogP contribution in [0.5, 0.6) is 5.75 Å². The summed E-state index contributed by atoms with van der Waals surface area (Å²) >= 11 is 0. The highest BCUT2D eigenvalue weighted by molar-refractivity contribution is 5.37. The molecule has 1 saturated heterocycles. The van der Waals surface area contributed by atoms with Crippen LogP contribution in [0.15, 0.2) is 24.3 Å². The molecule has 3 nitrogen and oxygen atoms in total. The maximum absolute atomic E-state index is 6.09. The number of rotatable bonds is 5. The SMILES string of the molecule is CCCNC1CCN(CC2Cc3ccccc3O2)C(C)C1. The predicted molar refractivity (Wildman–Crippen MR) is 86.9 cm³/mol. The second-order valence-corrected chi connectivity index (χ2v) is 6.57. The van der Waals surface area contributed by atoms with Gasteiger partial charge in [-0.05, 0) is 44.4 Å². The first-order valence-corrected chi connectivity index (χ1v) is 8.48. The minimum atomic E-state index is 0.338. The largest absolute Gasteiger partial charge is 0.488 e. The average Bonchev–Trinajstić information content (AvgIpc) is 2.90. The lowest BCUT2D eigenvalue weighted by molar-refractivity contribution is 0.0852. The quantitative estimate of drug-likeness (QED) is 0.901. The number of para-hydroxylation sites is 1. The summed E-state index contributed by atoms with van der Waals surface area (Å²) < 4.78 is 6.09. The number of hydrogen-bond acceptors (Lipinski definition) is 3. The fourth-order valence-electron chi connectivity index (χ4n) is 3.64. The minimum absolute atomic E-state index is 0.338. The van der Waals surface area contributed by atoms with Crippen molar-refractivity contribution < 1.29 is 4.74 Å². The van der Waals surface area contributed by atoms with Crippen LogP contribution in [-0.2, 0) is 6.42 Å². The first kappa shape index (κ1) is 14.9. The molecule has 3 atom stereocenters. The van der Waals surface area contributed by atoms with Crippen molar-refractivity contribution >= 4 is 0 Å². The lowest BCUT2D eigenvalue weighted by Gasteiger charge is -2.39. The Hall–Kier alpha value is -1.06. The number of ether oxygens (including phenoxy) is 1. The van der Waals surface area contributed by atoms with Gasteiger partial charge in [0.15, 0.2) is 0 Å². The number of likely N-dealkylation sites (tertiary alicyclic amines) is 1. The van der Waals surface area contributed by atoms with Crippen molar-refractivity contribution in [1.82, 2.24) is 10.2 Å². The van der Waals surface area contributed by atoms with Crippen LogP contribution in [0.4, 0.5) is 0 Å². The lowest BCUT2D eigenvalue weighted by atomic mass is 9.97. The normalized spacial score (nSPS) is 29.1. The third kappa shape index (κ3) is 3.58. The fourth-order valence-corrected chi connectivity index (χ4v) is 3.64. The Bertz CT molecular complexity index is 437. The van der Waals surface area contributed by atoms with E-state index in [0.29, 0.717) is 18.2 Å². The summed E-state index contributed by atoms with van der Waals surface area (Å²) in [5, 5.41) is 3.67.